The number of nitrogens with zero attached hydrogens (tertiary/aromatic N) is 2. The number of aliphatic hydroxyl groups excluding tert-OH is 1. The molecular formula is C16H15IN2O2. The lowest BCUT2D eigenvalue weighted by Crippen LogP contribution is -1.99. The van der Waals surface area contributed by atoms with Crippen LogP contribution in [0.25, 0.3) is 16.9 Å². The molecule has 0 aliphatic carbocycles. The zero-order valence-corrected chi connectivity index (χ0v) is 13.5. The second-order valence-electron chi connectivity index (χ2n) is 4.69. The van der Waals surface area contributed by atoms with Crippen molar-refractivity contribution in [1.82, 2.24) is 9.38 Å². The highest BCUT2D eigenvalue weighted by atomic mass is 125. The van der Waals surface area contributed by atoms with E-state index in [0.29, 0.717) is 13.0 Å². The molecule has 108 valence electrons. The van der Waals surface area contributed by atoms with Gasteiger partial charge in [0.1, 0.15) is 11.4 Å². The van der Waals surface area contributed by atoms with Crippen LogP contribution in [-0.2, 0) is 0 Å². The second-order valence-corrected chi connectivity index (χ2v) is 5.93. The van der Waals surface area contributed by atoms with Crippen LogP contribution in [0.15, 0.2) is 48.8 Å². The first kappa shape index (κ1) is 14.3. The van der Waals surface area contributed by atoms with Gasteiger partial charge in [0, 0.05) is 34.6 Å². The Labute approximate surface area is 136 Å². The van der Waals surface area contributed by atoms with E-state index in [9.17, 15) is 0 Å². The van der Waals surface area contributed by atoms with Crippen molar-refractivity contribution in [1.29, 1.82) is 0 Å². The minimum absolute atomic E-state index is 0.151. The molecule has 0 aliphatic rings. The maximum atomic E-state index is 8.73. The zero-order valence-electron chi connectivity index (χ0n) is 11.4. The van der Waals surface area contributed by atoms with Crippen LogP contribution in [0.5, 0.6) is 5.75 Å². The van der Waals surface area contributed by atoms with Crippen molar-refractivity contribution in [3.8, 4) is 17.0 Å². The fourth-order valence-corrected chi connectivity index (χ4v) is 2.56. The Morgan fingerprint density at radius 3 is 2.67 bits per heavy atom. The number of aliphatic hydroxyl groups is 1. The number of fused-ring (bicyclic) bond motifs is 1. The number of rotatable bonds is 5. The van der Waals surface area contributed by atoms with Crippen LogP contribution >= 0.6 is 22.6 Å². The van der Waals surface area contributed by atoms with Crippen molar-refractivity contribution in [2.24, 2.45) is 0 Å². The smallest absolute Gasteiger partial charge is 0.137 e. The Hall–Kier alpha value is -1.60. The first-order chi connectivity index (χ1) is 10.3. The number of benzene rings is 1. The molecule has 2 heterocycles. The van der Waals surface area contributed by atoms with Crippen molar-refractivity contribution in [3.63, 3.8) is 0 Å². The molecule has 0 bridgehead atoms. The predicted octanol–water partition coefficient (Wildman–Crippen LogP) is 3.37. The summed E-state index contributed by atoms with van der Waals surface area (Å²) in [5.74, 6) is 0.811. The molecule has 5 heteroatoms. The summed E-state index contributed by atoms with van der Waals surface area (Å²) in [6.07, 6.45) is 4.73. The van der Waals surface area contributed by atoms with E-state index >= 15 is 0 Å². The standard InChI is InChI=1S/C16H15IN2O2/c17-13-4-7-16-18-15(11-19(16)10-13)12-2-5-14(6-3-12)21-9-1-8-20/h2-7,10-11,20H,1,8-9H2/i17-2. The molecule has 0 spiro atoms. The zero-order chi connectivity index (χ0) is 14.7. The van der Waals surface area contributed by atoms with Gasteiger partial charge in [-0.1, -0.05) is 0 Å². The number of imidazole rings is 1. The van der Waals surface area contributed by atoms with Crippen LogP contribution in [-0.4, -0.2) is 27.7 Å². The van der Waals surface area contributed by atoms with Gasteiger partial charge in [-0.3, -0.25) is 0 Å². The van der Waals surface area contributed by atoms with Gasteiger partial charge in [-0.25, -0.2) is 4.98 Å². The Balaban J connectivity index is 1.81. The van der Waals surface area contributed by atoms with Gasteiger partial charge >= 0.3 is 0 Å². The van der Waals surface area contributed by atoms with Crippen LogP contribution in [0.4, 0.5) is 0 Å². The Kier molecular flexibility index (Phi) is 4.40. The first-order valence-electron chi connectivity index (χ1n) is 6.74. The number of pyridine rings is 1. The molecule has 1 aromatic carbocycles. The highest BCUT2D eigenvalue weighted by molar-refractivity contribution is 14.1. The van der Waals surface area contributed by atoms with E-state index in [0.717, 1.165) is 22.7 Å². The minimum atomic E-state index is 0.151. The summed E-state index contributed by atoms with van der Waals surface area (Å²) < 4.78 is 8.73. The molecule has 3 rings (SSSR count). The highest BCUT2D eigenvalue weighted by Gasteiger charge is 2.05. The van der Waals surface area contributed by atoms with Gasteiger partial charge in [-0.2, -0.15) is 0 Å². The maximum Gasteiger partial charge on any atom is 0.137 e. The highest BCUT2D eigenvalue weighted by Crippen LogP contribution is 2.22. The number of aromatic nitrogens is 2. The van der Waals surface area contributed by atoms with Gasteiger partial charge in [0.2, 0.25) is 0 Å². The van der Waals surface area contributed by atoms with Gasteiger partial charge in [0.25, 0.3) is 0 Å². The van der Waals surface area contributed by atoms with Crippen molar-refractivity contribution < 1.29 is 9.84 Å². The van der Waals surface area contributed by atoms with E-state index in [2.05, 4.69) is 33.8 Å². The third-order valence-corrected chi connectivity index (χ3v) is 3.77. The summed E-state index contributed by atoms with van der Waals surface area (Å²) in [7, 11) is 0. The molecule has 0 amide bonds. The van der Waals surface area contributed by atoms with E-state index in [4.69, 9.17) is 9.84 Å². The van der Waals surface area contributed by atoms with E-state index in [-0.39, 0.29) is 6.61 Å². The third kappa shape index (κ3) is 3.36. The minimum Gasteiger partial charge on any atom is -0.494 e. The van der Waals surface area contributed by atoms with Crippen molar-refractivity contribution in [2.75, 3.05) is 13.2 Å². The van der Waals surface area contributed by atoms with E-state index in [1.165, 1.54) is 3.57 Å². The molecule has 3 aromatic rings. The summed E-state index contributed by atoms with van der Waals surface area (Å²) in [5.41, 5.74) is 2.94. The molecule has 0 saturated heterocycles. The first-order valence-corrected chi connectivity index (χ1v) is 7.82. The molecule has 0 saturated carbocycles. The SMILES string of the molecule is OCCCOc1ccc(-c2cn3cc([125I])ccc3n2)cc1. The molecule has 0 fully saturated rings. The number of hydrogen-bond donors (Lipinski definition) is 1. The summed E-state index contributed by atoms with van der Waals surface area (Å²) in [4.78, 5) is 4.61. The Morgan fingerprint density at radius 1 is 1.10 bits per heavy atom. The third-order valence-electron chi connectivity index (χ3n) is 3.14. The van der Waals surface area contributed by atoms with Gasteiger partial charge in [0.05, 0.1) is 12.3 Å². The van der Waals surface area contributed by atoms with E-state index in [1.54, 1.807) is 0 Å². The maximum absolute atomic E-state index is 8.73. The van der Waals surface area contributed by atoms with Crippen LogP contribution in [0, 0.1) is 3.57 Å². The average Bonchev–Trinajstić information content (AvgIpc) is 2.91. The van der Waals surface area contributed by atoms with Crippen LogP contribution in [0.1, 0.15) is 6.42 Å². The molecule has 2 aromatic heterocycles. The molecule has 21 heavy (non-hydrogen) atoms. The van der Waals surface area contributed by atoms with Gasteiger partial charge in [-0.15, -0.1) is 0 Å². The van der Waals surface area contributed by atoms with Crippen LogP contribution in [0.2, 0.25) is 0 Å². The fraction of sp³-hybridized carbons (Fsp3) is 0.188. The van der Waals surface area contributed by atoms with Crippen molar-refractivity contribution in [3.05, 3.63) is 52.4 Å². The Bertz CT molecular complexity index is 738. The molecule has 0 aliphatic heterocycles. The number of ether oxygens (including phenoxy) is 1. The fourth-order valence-electron chi connectivity index (χ4n) is 2.08. The topological polar surface area (TPSA) is 46.8 Å². The summed E-state index contributed by atoms with van der Waals surface area (Å²) >= 11 is 2.29. The lowest BCUT2D eigenvalue weighted by atomic mass is 10.2. The van der Waals surface area contributed by atoms with Crippen LogP contribution < -0.4 is 4.74 Å². The van der Waals surface area contributed by atoms with Crippen molar-refractivity contribution in [2.45, 2.75) is 6.42 Å². The molecule has 4 nitrogen and oxygen atoms in total. The monoisotopic (exact) mass is 392 g/mol. The molecular weight excluding hydrogens is 377 g/mol. The molecule has 1 N–H and O–H groups in total. The van der Waals surface area contributed by atoms with E-state index in [1.807, 2.05) is 47.0 Å². The average molecular weight is 392 g/mol. The predicted molar refractivity (Wildman–Crippen MR) is 90.5 cm³/mol. The summed E-state index contributed by atoms with van der Waals surface area (Å²) in [6, 6.07) is 11.9. The Morgan fingerprint density at radius 2 is 1.90 bits per heavy atom. The van der Waals surface area contributed by atoms with Crippen LogP contribution in [0.3, 0.4) is 0 Å². The van der Waals surface area contributed by atoms with Gasteiger partial charge < -0.3 is 14.2 Å². The van der Waals surface area contributed by atoms with Gasteiger partial charge in [0.15, 0.2) is 0 Å². The van der Waals surface area contributed by atoms with E-state index < -0.39 is 0 Å². The molecule has 0 radical (unpaired) electrons. The quantitative estimate of drug-likeness (QED) is 0.535. The number of halogens is 1. The summed E-state index contributed by atoms with van der Waals surface area (Å²) in [5, 5.41) is 8.73. The molecule has 0 unspecified atom stereocenters. The largest absolute Gasteiger partial charge is 0.494 e. The lowest BCUT2D eigenvalue weighted by molar-refractivity contribution is 0.233. The summed E-state index contributed by atoms with van der Waals surface area (Å²) in [6.45, 7) is 0.681. The lowest BCUT2D eigenvalue weighted by Gasteiger charge is -2.05. The van der Waals surface area contributed by atoms with Crippen molar-refractivity contribution >= 4 is 28.2 Å². The van der Waals surface area contributed by atoms with Gasteiger partial charge in [-0.05, 0) is 59.0 Å². The second kappa shape index (κ2) is 6.44. The number of hydrogen-bond acceptors (Lipinski definition) is 3. The normalized spacial score (nSPS) is 11.0. The molecule has 0 atom stereocenters.